The summed E-state index contributed by atoms with van der Waals surface area (Å²) >= 11 is 1.48. The normalized spacial score (nSPS) is 21.0. The van der Waals surface area contributed by atoms with Gasteiger partial charge in [0.25, 0.3) is 0 Å². The Labute approximate surface area is 165 Å². The fourth-order valence-corrected chi connectivity index (χ4v) is 4.92. The predicted molar refractivity (Wildman–Crippen MR) is 109 cm³/mol. The average molecular weight is 385 g/mol. The second-order valence-electron chi connectivity index (χ2n) is 7.96. The molecule has 5 nitrogen and oxygen atoms in total. The molecule has 0 unspecified atom stereocenters. The van der Waals surface area contributed by atoms with Crippen molar-refractivity contribution in [3.05, 3.63) is 41.2 Å². The van der Waals surface area contributed by atoms with Gasteiger partial charge in [-0.3, -0.25) is 4.79 Å². The highest BCUT2D eigenvalue weighted by Gasteiger charge is 2.33. The Kier molecular flexibility index (Phi) is 5.43. The van der Waals surface area contributed by atoms with Crippen LogP contribution in [-0.4, -0.2) is 45.8 Å². The van der Waals surface area contributed by atoms with E-state index in [0.717, 1.165) is 49.9 Å². The van der Waals surface area contributed by atoms with Crippen molar-refractivity contribution in [2.45, 2.75) is 52.0 Å². The fourth-order valence-electron chi connectivity index (χ4n) is 4.20. The number of aryl methyl sites for hydroxylation is 1. The van der Waals surface area contributed by atoms with E-state index in [1.54, 1.807) is 0 Å². The standard InChI is InChI=1S/C21H28N4OS/c1-15-7-9-17(10-8-15)13-19-22-21(27-23-19)24-11-12-25(16(2)14-24)20(26)18-5-3-4-6-18/h7-10,16,18H,3-6,11-14H2,1-2H3/t16-/m1/s1. The van der Waals surface area contributed by atoms with Crippen molar-refractivity contribution >= 4 is 22.6 Å². The van der Waals surface area contributed by atoms with Crippen LogP contribution in [0, 0.1) is 12.8 Å². The number of benzene rings is 1. The summed E-state index contributed by atoms with van der Waals surface area (Å²) in [6.07, 6.45) is 5.33. The Morgan fingerprint density at radius 2 is 1.93 bits per heavy atom. The van der Waals surface area contributed by atoms with Crippen LogP contribution in [0.25, 0.3) is 0 Å². The van der Waals surface area contributed by atoms with Gasteiger partial charge < -0.3 is 9.80 Å². The second kappa shape index (κ2) is 7.97. The number of anilines is 1. The topological polar surface area (TPSA) is 49.3 Å². The molecule has 0 bridgehead atoms. The van der Waals surface area contributed by atoms with E-state index in [1.165, 1.54) is 35.5 Å². The summed E-state index contributed by atoms with van der Waals surface area (Å²) in [6.45, 7) is 6.75. The third-order valence-electron chi connectivity index (χ3n) is 5.83. The summed E-state index contributed by atoms with van der Waals surface area (Å²) < 4.78 is 4.56. The van der Waals surface area contributed by atoms with E-state index in [1.807, 2.05) is 0 Å². The van der Waals surface area contributed by atoms with Crippen molar-refractivity contribution in [2.24, 2.45) is 5.92 Å². The first-order chi connectivity index (χ1) is 13.1. The molecule has 1 aliphatic heterocycles. The van der Waals surface area contributed by atoms with Gasteiger partial charge in [0.05, 0.1) is 0 Å². The molecule has 0 N–H and O–H groups in total. The Morgan fingerprint density at radius 3 is 2.63 bits per heavy atom. The van der Waals surface area contributed by atoms with Gasteiger partial charge in [-0.25, -0.2) is 4.98 Å². The van der Waals surface area contributed by atoms with E-state index in [4.69, 9.17) is 4.98 Å². The SMILES string of the molecule is Cc1ccc(Cc2nsc(N3CCN(C(=O)C4CCCC4)[C@H](C)C3)n2)cc1. The molecule has 1 atom stereocenters. The molecule has 2 fully saturated rings. The molecule has 1 aromatic heterocycles. The minimum Gasteiger partial charge on any atom is -0.343 e. The molecule has 1 saturated carbocycles. The third-order valence-corrected chi connectivity index (χ3v) is 6.64. The minimum atomic E-state index is 0.233. The average Bonchev–Trinajstić information content (AvgIpc) is 3.35. The summed E-state index contributed by atoms with van der Waals surface area (Å²) in [5.74, 6) is 1.52. The molecular weight excluding hydrogens is 356 g/mol. The lowest BCUT2D eigenvalue weighted by atomic mass is 10.0. The molecule has 144 valence electrons. The number of aromatic nitrogens is 2. The highest BCUT2D eigenvalue weighted by molar-refractivity contribution is 7.09. The molecular formula is C21H28N4OS. The summed E-state index contributed by atoms with van der Waals surface area (Å²) in [6, 6.07) is 8.78. The van der Waals surface area contributed by atoms with Crippen LogP contribution < -0.4 is 4.90 Å². The van der Waals surface area contributed by atoms with Crippen molar-refractivity contribution < 1.29 is 4.79 Å². The van der Waals surface area contributed by atoms with Crippen LogP contribution >= 0.6 is 11.5 Å². The number of carbonyl (C=O) groups excluding carboxylic acids is 1. The van der Waals surface area contributed by atoms with E-state index < -0.39 is 0 Å². The van der Waals surface area contributed by atoms with Gasteiger partial charge in [0.1, 0.15) is 5.82 Å². The first-order valence-corrected chi connectivity index (χ1v) is 10.8. The first-order valence-electron chi connectivity index (χ1n) is 10.0. The maximum Gasteiger partial charge on any atom is 0.226 e. The Hall–Kier alpha value is -1.95. The molecule has 6 heteroatoms. The smallest absolute Gasteiger partial charge is 0.226 e. The monoisotopic (exact) mass is 384 g/mol. The molecule has 1 aliphatic carbocycles. The maximum absolute atomic E-state index is 12.8. The fraction of sp³-hybridized carbons (Fsp3) is 0.571. The van der Waals surface area contributed by atoms with Crippen LogP contribution in [0.1, 0.15) is 49.6 Å². The molecule has 0 radical (unpaired) electrons. The molecule has 0 spiro atoms. The van der Waals surface area contributed by atoms with E-state index in [-0.39, 0.29) is 12.0 Å². The highest BCUT2D eigenvalue weighted by Crippen LogP contribution is 2.29. The number of hydrogen-bond donors (Lipinski definition) is 0. The second-order valence-corrected chi connectivity index (χ2v) is 8.69. The van der Waals surface area contributed by atoms with Gasteiger partial charge in [-0.1, -0.05) is 42.7 Å². The summed E-state index contributed by atoms with van der Waals surface area (Å²) in [5.41, 5.74) is 2.51. The zero-order valence-corrected chi connectivity index (χ0v) is 17.0. The van der Waals surface area contributed by atoms with Crippen LogP contribution in [0.2, 0.25) is 0 Å². The van der Waals surface area contributed by atoms with Crippen LogP contribution in [0.15, 0.2) is 24.3 Å². The molecule has 2 heterocycles. The molecule has 27 heavy (non-hydrogen) atoms. The maximum atomic E-state index is 12.8. The summed E-state index contributed by atoms with van der Waals surface area (Å²) in [5, 5.41) is 0.983. The van der Waals surface area contributed by atoms with E-state index >= 15 is 0 Å². The largest absolute Gasteiger partial charge is 0.343 e. The van der Waals surface area contributed by atoms with Crippen LogP contribution in [0.3, 0.4) is 0 Å². The Morgan fingerprint density at radius 1 is 1.19 bits per heavy atom. The minimum absolute atomic E-state index is 0.233. The highest BCUT2D eigenvalue weighted by atomic mass is 32.1. The van der Waals surface area contributed by atoms with E-state index in [9.17, 15) is 4.79 Å². The van der Waals surface area contributed by atoms with Crippen LogP contribution in [0.5, 0.6) is 0 Å². The molecule has 4 rings (SSSR count). The number of piperazine rings is 1. The Bertz CT molecular complexity index is 782. The lowest BCUT2D eigenvalue weighted by Gasteiger charge is -2.40. The van der Waals surface area contributed by atoms with Crippen molar-refractivity contribution in [1.29, 1.82) is 0 Å². The van der Waals surface area contributed by atoms with Crippen molar-refractivity contribution in [3.63, 3.8) is 0 Å². The quantitative estimate of drug-likeness (QED) is 0.807. The van der Waals surface area contributed by atoms with Gasteiger partial charge in [-0.05, 0) is 32.3 Å². The van der Waals surface area contributed by atoms with Gasteiger partial charge in [0.2, 0.25) is 11.0 Å². The lowest BCUT2D eigenvalue weighted by molar-refractivity contribution is -0.137. The van der Waals surface area contributed by atoms with Crippen LogP contribution in [0.4, 0.5) is 5.13 Å². The van der Waals surface area contributed by atoms with Gasteiger partial charge in [-0.15, -0.1) is 0 Å². The van der Waals surface area contributed by atoms with E-state index in [0.29, 0.717) is 5.91 Å². The van der Waals surface area contributed by atoms with Crippen molar-refractivity contribution in [1.82, 2.24) is 14.3 Å². The third kappa shape index (κ3) is 4.15. The number of carbonyl (C=O) groups is 1. The Balaban J connectivity index is 1.37. The number of nitrogens with zero attached hydrogens (tertiary/aromatic N) is 4. The molecule has 1 aromatic carbocycles. The molecule has 1 saturated heterocycles. The van der Waals surface area contributed by atoms with Gasteiger partial charge in [0.15, 0.2) is 0 Å². The van der Waals surface area contributed by atoms with Crippen molar-refractivity contribution in [2.75, 3.05) is 24.5 Å². The zero-order chi connectivity index (χ0) is 18.8. The lowest BCUT2D eigenvalue weighted by Crippen LogP contribution is -2.55. The molecule has 1 amide bonds. The number of rotatable bonds is 4. The molecule has 2 aromatic rings. The predicted octanol–water partition coefficient (Wildman–Crippen LogP) is 3.66. The zero-order valence-electron chi connectivity index (χ0n) is 16.2. The van der Waals surface area contributed by atoms with E-state index in [2.05, 4.69) is 52.3 Å². The molecule has 2 aliphatic rings. The van der Waals surface area contributed by atoms with Gasteiger partial charge in [0, 0.05) is 49.5 Å². The summed E-state index contributed by atoms with van der Waals surface area (Å²) in [7, 11) is 0. The summed E-state index contributed by atoms with van der Waals surface area (Å²) in [4.78, 5) is 21.9. The number of hydrogen-bond acceptors (Lipinski definition) is 5. The number of amides is 1. The first kappa shape index (κ1) is 18.4. The van der Waals surface area contributed by atoms with Gasteiger partial charge >= 0.3 is 0 Å². The van der Waals surface area contributed by atoms with Gasteiger partial charge in [-0.2, -0.15) is 4.37 Å². The van der Waals surface area contributed by atoms with Crippen molar-refractivity contribution in [3.8, 4) is 0 Å². The van der Waals surface area contributed by atoms with Crippen LogP contribution in [-0.2, 0) is 11.2 Å².